The van der Waals surface area contributed by atoms with Gasteiger partial charge in [-0.25, -0.2) is 9.69 Å². The molecule has 0 spiro atoms. The van der Waals surface area contributed by atoms with Crippen LogP contribution in [0, 0.1) is 17.2 Å². The van der Waals surface area contributed by atoms with Gasteiger partial charge in [0.2, 0.25) is 5.91 Å². The Morgan fingerprint density at radius 2 is 2.00 bits per heavy atom. The highest BCUT2D eigenvalue weighted by atomic mass is 79.9. The molecule has 8 heteroatoms. The van der Waals surface area contributed by atoms with Crippen LogP contribution in [0.4, 0.5) is 10.5 Å². The Morgan fingerprint density at radius 3 is 2.52 bits per heavy atom. The Bertz CT molecular complexity index is 742. The molecule has 0 saturated carbocycles. The van der Waals surface area contributed by atoms with Crippen molar-refractivity contribution in [3.63, 3.8) is 0 Å². The minimum Gasteiger partial charge on any atom is -0.468 e. The van der Waals surface area contributed by atoms with Gasteiger partial charge in [0.25, 0.3) is 0 Å². The summed E-state index contributed by atoms with van der Waals surface area (Å²) in [6.07, 6.45) is -0.885. The Labute approximate surface area is 140 Å². The summed E-state index contributed by atoms with van der Waals surface area (Å²) >= 11 is 3.29. The monoisotopic (exact) mass is 380 g/mol. The summed E-state index contributed by atoms with van der Waals surface area (Å²) < 4.78 is 9.92. The second kappa shape index (κ2) is 6.01. The lowest BCUT2D eigenvalue weighted by Crippen LogP contribution is -2.47. The average Bonchev–Trinajstić information content (AvgIpc) is 2.76. The van der Waals surface area contributed by atoms with Crippen molar-refractivity contribution in [1.29, 1.82) is 5.26 Å². The van der Waals surface area contributed by atoms with E-state index in [1.54, 1.807) is 18.2 Å². The van der Waals surface area contributed by atoms with Crippen molar-refractivity contribution in [3.05, 3.63) is 28.2 Å². The van der Waals surface area contributed by atoms with E-state index in [1.165, 1.54) is 6.92 Å². The number of methoxy groups -OCH3 is 2. The lowest BCUT2D eigenvalue weighted by molar-refractivity contribution is -0.147. The average molecular weight is 381 g/mol. The number of carbonyl (C=O) groups excluding carboxylic acids is 3. The first-order valence-electron chi connectivity index (χ1n) is 6.52. The third-order valence-corrected chi connectivity index (χ3v) is 4.40. The number of carbonyl (C=O) groups is 3. The van der Waals surface area contributed by atoms with E-state index >= 15 is 0 Å². The first-order valence-corrected chi connectivity index (χ1v) is 7.32. The van der Waals surface area contributed by atoms with Gasteiger partial charge in [0.05, 0.1) is 26.0 Å². The van der Waals surface area contributed by atoms with E-state index in [0.717, 1.165) is 19.1 Å². The fraction of sp³-hybridized carbons (Fsp3) is 0.333. The highest BCUT2D eigenvalue weighted by Gasteiger charge is 2.57. The van der Waals surface area contributed by atoms with Crippen LogP contribution in [-0.4, -0.2) is 32.2 Å². The molecule has 120 valence electrons. The number of halogens is 1. The second-order valence-corrected chi connectivity index (χ2v) is 5.98. The number of hydrogen-bond acceptors (Lipinski definition) is 6. The van der Waals surface area contributed by atoms with Crippen LogP contribution < -0.4 is 4.90 Å². The third-order valence-electron chi connectivity index (χ3n) is 3.91. The molecule has 2 rings (SSSR count). The largest absolute Gasteiger partial charge is 0.468 e. The Morgan fingerprint density at radius 1 is 1.35 bits per heavy atom. The fourth-order valence-electron chi connectivity index (χ4n) is 2.66. The van der Waals surface area contributed by atoms with Gasteiger partial charge < -0.3 is 9.47 Å². The zero-order chi connectivity index (χ0) is 17.4. The molecule has 0 N–H and O–H groups in total. The lowest BCUT2D eigenvalue weighted by Gasteiger charge is -2.26. The smallest absolute Gasteiger partial charge is 0.420 e. The molecule has 1 aromatic carbocycles. The van der Waals surface area contributed by atoms with Crippen molar-refractivity contribution in [3.8, 4) is 6.07 Å². The molecule has 1 heterocycles. The van der Waals surface area contributed by atoms with Crippen molar-refractivity contribution in [2.75, 3.05) is 19.1 Å². The molecular weight excluding hydrogens is 368 g/mol. The molecule has 1 aliphatic rings. The van der Waals surface area contributed by atoms with Crippen LogP contribution in [0.3, 0.4) is 0 Å². The standard InChI is InChI=1S/C15H13BrN2O5/c1-15(10(7-17)12(19)22-2)9-6-8(16)4-5-11(9)18(13(15)20)14(21)23-3/h4-6,10H,1-3H3/t10-,15+/m0/s1. The number of fused-ring (bicyclic) bond motifs is 1. The number of rotatable bonds is 2. The van der Waals surface area contributed by atoms with Gasteiger partial charge in [0, 0.05) is 4.47 Å². The van der Waals surface area contributed by atoms with Crippen molar-refractivity contribution >= 4 is 39.6 Å². The lowest BCUT2D eigenvalue weighted by atomic mass is 9.73. The molecule has 0 aromatic heterocycles. The zero-order valence-electron chi connectivity index (χ0n) is 12.6. The summed E-state index contributed by atoms with van der Waals surface area (Å²) in [5, 5.41) is 9.40. The number of imide groups is 1. The van der Waals surface area contributed by atoms with Crippen molar-refractivity contribution in [1.82, 2.24) is 0 Å². The topological polar surface area (TPSA) is 96.7 Å². The Hall–Kier alpha value is -2.40. The fourth-order valence-corrected chi connectivity index (χ4v) is 3.02. The number of esters is 1. The van der Waals surface area contributed by atoms with Gasteiger partial charge in [0.15, 0.2) is 5.92 Å². The molecule has 0 fully saturated rings. The molecule has 0 radical (unpaired) electrons. The number of nitriles is 1. The molecular formula is C15H13BrN2O5. The predicted molar refractivity (Wildman–Crippen MR) is 82.5 cm³/mol. The Kier molecular flexibility index (Phi) is 4.43. The molecule has 7 nitrogen and oxygen atoms in total. The van der Waals surface area contributed by atoms with Crippen LogP contribution in [-0.2, 0) is 24.5 Å². The molecule has 1 aromatic rings. The molecule has 1 aliphatic heterocycles. The molecule has 0 aliphatic carbocycles. The number of nitrogens with zero attached hydrogens (tertiary/aromatic N) is 2. The van der Waals surface area contributed by atoms with Crippen LogP contribution >= 0.6 is 15.9 Å². The molecule has 2 atom stereocenters. The summed E-state index contributed by atoms with van der Waals surface area (Å²) in [5.41, 5.74) is -0.911. The summed E-state index contributed by atoms with van der Waals surface area (Å²) in [5.74, 6) is -2.96. The van der Waals surface area contributed by atoms with E-state index in [4.69, 9.17) is 0 Å². The van der Waals surface area contributed by atoms with Gasteiger partial charge in [0.1, 0.15) is 5.41 Å². The molecule has 0 bridgehead atoms. The first-order chi connectivity index (χ1) is 10.8. The highest BCUT2D eigenvalue weighted by Crippen LogP contribution is 2.47. The minimum absolute atomic E-state index is 0.275. The quantitative estimate of drug-likeness (QED) is 0.729. The second-order valence-electron chi connectivity index (χ2n) is 5.06. The van der Waals surface area contributed by atoms with E-state index in [0.29, 0.717) is 10.0 Å². The molecule has 0 saturated heterocycles. The normalized spacial score (nSPS) is 20.5. The van der Waals surface area contributed by atoms with E-state index in [9.17, 15) is 19.6 Å². The maximum atomic E-state index is 12.9. The van der Waals surface area contributed by atoms with Crippen LogP contribution in [0.5, 0.6) is 0 Å². The third kappa shape index (κ3) is 2.37. The van der Waals surface area contributed by atoms with E-state index in [2.05, 4.69) is 25.4 Å². The number of ether oxygens (including phenoxy) is 2. The molecule has 0 unspecified atom stereocenters. The summed E-state index contributed by atoms with van der Waals surface area (Å²) in [6, 6.07) is 6.61. The van der Waals surface area contributed by atoms with Crippen molar-refractivity contribution < 1.29 is 23.9 Å². The van der Waals surface area contributed by atoms with Gasteiger partial charge in [-0.1, -0.05) is 15.9 Å². The summed E-state index contributed by atoms with van der Waals surface area (Å²) in [7, 11) is 2.28. The maximum Gasteiger partial charge on any atom is 0.420 e. The number of hydrogen-bond donors (Lipinski definition) is 0. The van der Waals surface area contributed by atoms with Crippen LogP contribution in [0.1, 0.15) is 12.5 Å². The Balaban J connectivity index is 2.73. The van der Waals surface area contributed by atoms with E-state index < -0.39 is 29.3 Å². The van der Waals surface area contributed by atoms with Gasteiger partial charge in [-0.2, -0.15) is 5.26 Å². The number of benzene rings is 1. The van der Waals surface area contributed by atoms with E-state index in [-0.39, 0.29) is 5.69 Å². The highest BCUT2D eigenvalue weighted by molar-refractivity contribution is 9.10. The van der Waals surface area contributed by atoms with Crippen molar-refractivity contribution in [2.24, 2.45) is 5.92 Å². The predicted octanol–water partition coefficient (Wildman–Crippen LogP) is 2.13. The van der Waals surface area contributed by atoms with Gasteiger partial charge in [-0.15, -0.1) is 0 Å². The minimum atomic E-state index is -1.56. The van der Waals surface area contributed by atoms with Crippen LogP contribution in [0.25, 0.3) is 0 Å². The summed E-state index contributed by atoms with van der Waals surface area (Å²) in [6.45, 7) is 1.44. The van der Waals surface area contributed by atoms with Crippen LogP contribution in [0.15, 0.2) is 22.7 Å². The SMILES string of the molecule is COC(=O)[C@H](C#N)[C@]1(C)C(=O)N(C(=O)OC)c2ccc(Br)cc21. The van der Waals surface area contributed by atoms with Crippen molar-refractivity contribution in [2.45, 2.75) is 12.3 Å². The zero-order valence-corrected chi connectivity index (χ0v) is 14.2. The first kappa shape index (κ1) is 17.0. The number of anilines is 1. The van der Waals surface area contributed by atoms with Gasteiger partial charge >= 0.3 is 12.1 Å². The van der Waals surface area contributed by atoms with Gasteiger partial charge in [-0.3, -0.25) is 9.59 Å². The van der Waals surface area contributed by atoms with Gasteiger partial charge in [-0.05, 0) is 30.7 Å². The van der Waals surface area contributed by atoms with E-state index in [1.807, 2.05) is 6.07 Å². The maximum absolute atomic E-state index is 12.9. The van der Waals surface area contributed by atoms with Crippen LogP contribution in [0.2, 0.25) is 0 Å². The molecule has 23 heavy (non-hydrogen) atoms. The summed E-state index contributed by atoms with van der Waals surface area (Å²) in [4.78, 5) is 37.7. The molecule has 2 amide bonds. The number of amides is 2.